The van der Waals surface area contributed by atoms with E-state index in [-0.39, 0.29) is 20.8 Å². The molecule has 0 fully saturated rings. The molecule has 0 unspecified atom stereocenters. The maximum atomic E-state index is 13.9. The van der Waals surface area contributed by atoms with Crippen LogP contribution in [0.4, 0.5) is 17.6 Å². The van der Waals surface area contributed by atoms with Crippen molar-refractivity contribution in [3.63, 3.8) is 0 Å². The Morgan fingerprint density at radius 3 is 2.43 bits per heavy atom. The second-order valence-corrected chi connectivity index (χ2v) is 5.06. The molecule has 0 atom stereocenters. The SMILES string of the molecule is Fc1cc(F)c(F)c(-n2c(=S)[nH]c3cc(F)c(Cl)cc32)c1. The molecule has 1 N–H and O–H groups in total. The zero-order chi connectivity index (χ0) is 15.3. The molecule has 0 saturated carbocycles. The summed E-state index contributed by atoms with van der Waals surface area (Å²) >= 11 is 10.7. The van der Waals surface area contributed by atoms with Crippen LogP contribution in [0.15, 0.2) is 24.3 Å². The largest absolute Gasteiger partial charge is 0.330 e. The van der Waals surface area contributed by atoms with Gasteiger partial charge in [-0.1, -0.05) is 11.6 Å². The summed E-state index contributed by atoms with van der Waals surface area (Å²) < 4.78 is 55.0. The van der Waals surface area contributed by atoms with Crippen LogP contribution in [0.3, 0.4) is 0 Å². The highest BCUT2D eigenvalue weighted by Gasteiger charge is 2.17. The first-order chi connectivity index (χ1) is 9.88. The summed E-state index contributed by atoms with van der Waals surface area (Å²) in [5.41, 5.74) is 0.00712. The summed E-state index contributed by atoms with van der Waals surface area (Å²) in [7, 11) is 0. The Kier molecular flexibility index (Phi) is 3.26. The van der Waals surface area contributed by atoms with Crippen molar-refractivity contribution in [1.82, 2.24) is 9.55 Å². The van der Waals surface area contributed by atoms with Gasteiger partial charge in [0.2, 0.25) is 0 Å². The summed E-state index contributed by atoms with van der Waals surface area (Å²) in [6.07, 6.45) is 0. The minimum atomic E-state index is -1.35. The molecule has 3 aromatic rings. The molecule has 108 valence electrons. The van der Waals surface area contributed by atoms with Crippen LogP contribution in [0.1, 0.15) is 0 Å². The van der Waals surface area contributed by atoms with E-state index in [9.17, 15) is 17.6 Å². The van der Waals surface area contributed by atoms with Gasteiger partial charge in [0.05, 0.1) is 21.7 Å². The van der Waals surface area contributed by atoms with Gasteiger partial charge >= 0.3 is 0 Å². The predicted molar refractivity (Wildman–Crippen MR) is 73.3 cm³/mol. The van der Waals surface area contributed by atoms with E-state index >= 15 is 0 Å². The van der Waals surface area contributed by atoms with Crippen molar-refractivity contribution >= 4 is 34.9 Å². The van der Waals surface area contributed by atoms with E-state index in [0.29, 0.717) is 6.07 Å². The number of fused-ring (bicyclic) bond motifs is 1. The second-order valence-electron chi connectivity index (χ2n) is 4.27. The van der Waals surface area contributed by atoms with Crippen LogP contribution in [0.5, 0.6) is 0 Å². The van der Waals surface area contributed by atoms with Gasteiger partial charge in [-0.15, -0.1) is 0 Å². The molecule has 0 aliphatic carbocycles. The average molecular weight is 333 g/mol. The van der Waals surface area contributed by atoms with Crippen molar-refractivity contribution in [2.75, 3.05) is 0 Å². The quantitative estimate of drug-likeness (QED) is 0.382. The van der Waals surface area contributed by atoms with Crippen molar-refractivity contribution < 1.29 is 17.6 Å². The summed E-state index contributed by atoms with van der Waals surface area (Å²) in [4.78, 5) is 2.63. The summed E-state index contributed by atoms with van der Waals surface area (Å²) in [5, 5.41) is -0.220. The van der Waals surface area contributed by atoms with E-state index in [1.54, 1.807) is 0 Å². The Bertz CT molecular complexity index is 932. The number of H-pyrrole nitrogens is 1. The van der Waals surface area contributed by atoms with E-state index in [0.717, 1.165) is 16.7 Å². The van der Waals surface area contributed by atoms with Crippen LogP contribution in [0, 0.1) is 28.0 Å². The highest BCUT2D eigenvalue weighted by atomic mass is 35.5. The first kappa shape index (κ1) is 14.1. The van der Waals surface area contributed by atoms with Gasteiger partial charge in [-0.2, -0.15) is 0 Å². The number of benzene rings is 2. The van der Waals surface area contributed by atoms with E-state index < -0.39 is 29.0 Å². The second kappa shape index (κ2) is 4.85. The molecule has 0 amide bonds. The van der Waals surface area contributed by atoms with Crippen molar-refractivity contribution in [2.24, 2.45) is 0 Å². The van der Waals surface area contributed by atoms with Crippen LogP contribution in [-0.4, -0.2) is 9.55 Å². The van der Waals surface area contributed by atoms with Crippen LogP contribution in [-0.2, 0) is 0 Å². The fraction of sp³-hybridized carbons (Fsp3) is 0. The van der Waals surface area contributed by atoms with Crippen LogP contribution in [0.25, 0.3) is 16.7 Å². The van der Waals surface area contributed by atoms with Crippen LogP contribution in [0.2, 0.25) is 5.02 Å². The van der Waals surface area contributed by atoms with Gasteiger partial charge in [0.15, 0.2) is 16.4 Å². The molecular formula is C13H5ClF4N2S. The number of nitrogens with one attached hydrogen (secondary N) is 1. The molecule has 0 aliphatic rings. The van der Waals surface area contributed by atoms with Gasteiger partial charge in [-0.05, 0) is 18.3 Å². The van der Waals surface area contributed by atoms with Gasteiger partial charge in [-0.3, -0.25) is 4.57 Å². The van der Waals surface area contributed by atoms with Crippen LogP contribution < -0.4 is 0 Å². The number of hydrogen-bond acceptors (Lipinski definition) is 1. The Morgan fingerprint density at radius 2 is 1.71 bits per heavy atom. The van der Waals surface area contributed by atoms with Crippen molar-refractivity contribution in [3.05, 3.63) is 57.3 Å². The van der Waals surface area contributed by atoms with Gasteiger partial charge in [0.1, 0.15) is 11.6 Å². The lowest BCUT2D eigenvalue weighted by atomic mass is 10.2. The first-order valence-electron chi connectivity index (χ1n) is 5.63. The summed E-state index contributed by atoms with van der Waals surface area (Å²) in [5.74, 6) is -4.28. The van der Waals surface area contributed by atoms with Gasteiger partial charge < -0.3 is 4.98 Å². The number of rotatable bonds is 1. The highest BCUT2D eigenvalue weighted by molar-refractivity contribution is 7.71. The maximum absolute atomic E-state index is 13.9. The fourth-order valence-corrected chi connectivity index (χ4v) is 2.51. The molecule has 2 aromatic carbocycles. The third kappa shape index (κ3) is 2.22. The molecule has 0 aliphatic heterocycles. The molecule has 8 heteroatoms. The third-order valence-electron chi connectivity index (χ3n) is 2.94. The molecular weight excluding hydrogens is 328 g/mol. The number of aromatic nitrogens is 2. The van der Waals surface area contributed by atoms with Gasteiger partial charge in [0.25, 0.3) is 0 Å². The van der Waals surface area contributed by atoms with E-state index in [4.69, 9.17) is 23.8 Å². The summed E-state index contributed by atoms with van der Waals surface area (Å²) in [6, 6.07) is 3.47. The summed E-state index contributed by atoms with van der Waals surface area (Å²) in [6.45, 7) is 0. The number of imidazole rings is 1. The van der Waals surface area contributed by atoms with E-state index in [1.165, 1.54) is 6.07 Å². The van der Waals surface area contributed by atoms with Crippen LogP contribution >= 0.6 is 23.8 Å². The maximum Gasteiger partial charge on any atom is 0.183 e. The minimum Gasteiger partial charge on any atom is -0.330 e. The van der Waals surface area contributed by atoms with Gasteiger partial charge in [0, 0.05) is 18.2 Å². The molecule has 3 rings (SSSR count). The predicted octanol–water partition coefficient (Wildman–Crippen LogP) is 4.90. The van der Waals surface area contributed by atoms with Gasteiger partial charge in [-0.25, -0.2) is 17.6 Å². The number of nitrogens with zero attached hydrogens (tertiary/aromatic N) is 1. The minimum absolute atomic E-state index is 0.0458. The molecule has 0 spiro atoms. The standard InChI is InChI=1S/C13H5ClF4N2S/c14-6-3-10-9(4-7(6)16)19-13(21)20(10)11-2-5(15)1-8(17)12(11)18/h1-4H,(H,19,21). The Balaban J connectivity index is 2.43. The molecule has 0 radical (unpaired) electrons. The van der Waals surface area contributed by atoms with Crippen molar-refractivity contribution in [1.29, 1.82) is 0 Å². The number of hydrogen-bond donors (Lipinski definition) is 1. The number of halogens is 5. The Labute approximate surface area is 125 Å². The average Bonchev–Trinajstić information content (AvgIpc) is 2.70. The van der Waals surface area contributed by atoms with Crippen molar-refractivity contribution in [2.45, 2.75) is 0 Å². The topological polar surface area (TPSA) is 20.7 Å². The molecule has 21 heavy (non-hydrogen) atoms. The Morgan fingerprint density at radius 1 is 1.00 bits per heavy atom. The lowest BCUT2D eigenvalue weighted by molar-refractivity contribution is 0.491. The monoisotopic (exact) mass is 332 g/mol. The molecule has 0 bridgehead atoms. The third-order valence-corrected chi connectivity index (χ3v) is 3.51. The molecule has 1 heterocycles. The molecule has 2 nitrogen and oxygen atoms in total. The number of aromatic amines is 1. The lowest BCUT2D eigenvalue weighted by Gasteiger charge is -2.07. The zero-order valence-electron chi connectivity index (χ0n) is 10.1. The Hall–Kier alpha value is -1.86. The normalized spacial score (nSPS) is 11.3. The fourth-order valence-electron chi connectivity index (χ4n) is 2.05. The highest BCUT2D eigenvalue weighted by Crippen LogP contribution is 2.27. The smallest absolute Gasteiger partial charge is 0.183 e. The molecule has 1 aromatic heterocycles. The first-order valence-corrected chi connectivity index (χ1v) is 6.42. The lowest BCUT2D eigenvalue weighted by Crippen LogP contribution is -2.01. The van der Waals surface area contributed by atoms with E-state index in [1.807, 2.05) is 0 Å². The van der Waals surface area contributed by atoms with Crippen molar-refractivity contribution in [3.8, 4) is 5.69 Å². The zero-order valence-corrected chi connectivity index (χ0v) is 11.6. The molecule has 0 saturated heterocycles. The van der Waals surface area contributed by atoms with E-state index in [2.05, 4.69) is 4.98 Å².